The molecule has 1 aliphatic rings. The molecular weight excluding hydrogens is 236 g/mol. The van der Waals surface area contributed by atoms with Gasteiger partial charge in [0.25, 0.3) is 0 Å². The first-order chi connectivity index (χ1) is 9.22. The van der Waals surface area contributed by atoms with Crippen LogP contribution in [-0.2, 0) is 13.1 Å². The Morgan fingerprint density at radius 2 is 2.26 bits per heavy atom. The highest BCUT2D eigenvalue weighted by atomic mass is 15.2. The molecule has 2 heterocycles. The summed E-state index contributed by atoms with van der Waals surface area (Å²) in [6.07, 6.45) is 4.34. The van der Waals surface area contributed by atoms with Crippen LogP contribution >= 0.6 is 0 Å². The third-order valence-corrected chi connectivity index (χ3v) is 3.97. The van der Waals surface area contributed by atoms with Gasteiger partial charge in [-0.05, 0) is 44.1 Å². The topological polar surface area (TPSA) is 45.4 Å². The van der Waals surface area contributed by atoms with Gasteiger partial charge < -0.3 is 10.6 Å². The molecule has 0 aromatic carbocycles. The van der Waals surface area contributed by atoms with Crippen molar-refractivity contribution in [2.75, 3.05) is 26.7 Å². The van der Waals surface area contributed by atoms with E-state index in [2.05, 4.69) is 40.9 Å². The lowest BCUT2D eigenvalue weighted by atomic mass is 10.1. The molecule has 1 saturated heterocycles. The summed E-state index contributed by atoms with van der Waals surface area (Å²) in [5.74, 6) is 0. The third-order valence-electron chi connectivity index (χ3n) is 3.97. The number of hydrogen-bond donors (Lipinski definition) is 1. The second-order valence-corrected chi connectivity index (χ2v) is 5.51. The molecule has 1 aromatic heterocycles. The van der Waals surface area contributed by atoms with E-state index >= 15 is 0 Å². The molecule has 1 unspecified atom stereocenters. The van der Waals surface area contributed by atoms with E-state index in [0.29, 0.717) is 12.6 Å². The van der Waals surface area contributed by atoms with Gasteiger partial charge in [0.15, 0.2) is 0 Å². The van der Waals surface area contributed by atoms with E-state index < -0.39 is 0 Å². The van der Waals surface area contributed by atoms with Crippen molar-refractivity contribution >= 4 is 0 Å². The van der Waals surface area contributed by atoms with Crippen molar-refractivity contribution in [1.82, 2.24) is 14.8 Å². The van der Waals surface area contributed by atoms with E-state index in [1.54, 1.807) is 0 Å². The normalized spacial score (nSPS) is 22.4. The van der Waals surface area contributed by atoms with Crippen LogP contribution in [0.5, 0.6) is 0 Å². The van der Waals surface area contributed by atoms with Crippen molar-refractivity contribution in [3.63, 3.8) is 0 Å². The molecule has 1 atom stereocenters. The van der Waals surface area contributed by atoms with Crippen molar-refractivity contribution in [1.29, 1.82) is 0 Å². The zero-order valence-electron chi connectivity index (χ0n) is 12.2. The van der Waals surface area contributed by atoms with Crippen molar-refractivity contribution in [2.24, 2.45) is 5.73 Å². The Labute approximate surface area is 116 Å². The predicted octanol–water partition coefficient (Wildman–Crippen LogP) is 1.46. The van der Waals surface area contributed by atoms with E-state index in [0.717, 1.165) is 12.2 Å². The van der Waals surface area contributed by atoms with Crippen molar-refractivity contribution in [3.05, 3.63) is 29.6 Å². The van der Waals surface area contributed by atoms with Crippen LogP contribution in [0.2, 0.25) is 0 Å². The summed E-state index contributed by atoms with van der Waals surface area (Å²) >= 11 is 0. The van der Waals surface area contributed by atoms with Gasteiger partial charge in [0, 0.05) is 38.4 Å². The number of rotatable bonds is 4. The Morgan fingerprint density at radius 1 is 1.42 bits per heavy atom. The smallest absolute Gasteiger partial charge is 0.0542 e. The summed E-state index contributed by atoms with van der Waals surface area (Å²) < 4.78 is 0. The second-order valence-electron chi connectivity index (χ2n) is 5.51. The summed E-state index contributed by atoms with van der Waals surface area (Å²) in [6.45, 7) is 7.39. The monoisotopic (exact) mass is 262 g/mol. The second kappa shape index (κ2) is 6.98. The number of hydrogen-bond acceptors (Lipinski definition) is 4. The van der Waals surface area contributed by atoms with Gasteiger partial charge in [-0.25, -0.2) is 0 Å². The largest absolute Gasteiger partial charge is 0.325 e. The van der Waals surface area contributed by atoms with E-state index in [4.69, 9.17) is 5.73 Å². The van der Waals surface area contributed by atoms with Gasteiger partial charge in [-0.2, -0.15) is 0 Å². The first-order valence-electron chi connectivity index (χ1n) is 7.29. The highest BCUT2D eigenvalue weighted by Crippen LogP contribution is 2.16. The fourth-order valence-corrected chi connectivity index (χ4v) is 2.86. The minimum absolute atomic E-state index is 0.522. The molecule has 19 heavy (non-hydrogen) atoms. The molecule has 1 aromatic rings. The SMILES string of the molecule is CCC1CN(C)CCCN1Cc1ccnc(CN)c1. The first kappa shape index (κ1) is 14.4. The lowest BCUT2D eigenvalue weighted by Gasteiger charge is -2.30. The number of nitrogens with zero attached hydrogens (tertiary/aromatic N) is 3. The molecular formula is C15H26N4. The maximum atomic E-state index is 5.67. The van der Waals surface area contributed by atoms with E-state index in [9.17, 15) is 0 Å². The minimum Gasteiger partial charge on any atom is -0.325 e. The van der Waals surface area contributed by atoms with Crippen LogP contribution in [0.4, 0.5) is 0 Å². The van der Waals surface area contributed by atoms with Gasteiger partial charge in [-0.15, -0.1) is 0 Å². The lowest BCUT2D eigenvalue weighted by Crippen LogP contribution is -2.39. The lowest BCUT2D eigenvalue weighted by molar-refractivity contribution is 0.176. The average molecular weight is 262 g/mol. The van der Waals surface area contributed by atoms with Crippen molar-refractivity contribution in [2.45, 2.75) is 38.9 Å². The van der Waals surface area contributed by atoms with Crippen LogP contribution in [0, 0.1) is 0 Å². The van der Waals surface area contributed by atoms with Crippen molar-refractivity contribution in [3.8, 4) is 0 Å². The highest BCUT2D eigenvalue weighted by molar-refractivity contribution is 5.16. The van der Waals surface area contributed by atoms with E-state index in [-0.39, 0.29) is 0 Å². The zero-order valence-corrected chi connectivity index (χ0v) is 12.2. The van der Waals surface area contributed by atoms with Gasteiger partial charge in [-0.1, -0.05) is 6.92 Å². The molecule has 2 N–H and O–H groups in total. The Hall–Kier alpha value is -0.970. The highest BCUT2D eigenvalue weighted by Gasteiger charge is 2.21. The van der Waals surface area contributed by atoms with Crippen LogP contribution in [-0.4, -0.2) is 47.5 Å². The summed E-state index contributed by atoms with van der Waals surface area (Å²) in [5.41, 5.74) is 7.98. The summed E-state index contributed by atoms with van der Waals surface area (Å²) in [5, 5.41) is 0. The molecule has 0 saturated carbocycles. The van der Waals surface area contributed by atoms with E-state index in [1.165, 1.54) is 38.0 Å². The fraction of sp³-hybridized carbons (Fsp3) is 0.667. The van der Waals surface area contributed by atoms with Crippen molar-refractivity contribution < 1.29 is 0 Å². The Balaban J connectivity index is 2.06. The van der Waals surface area contributed by atoms with Gasteiger partial charge >= 0.3 is 0 Å². The Kier molecular flexibility index (Phi) is 5.31. The number of pyridine rings is 1. The van der Waals surface area contributed by atoms with Gasteiger partial charge in [0.05, 0.1) is 5.69 Å². The quantitative estimate of drug-likeness (QED) is 0.892. The standard InChI is InChI=1S/C15H26N4/c1-3-15-12-18(2)7-4-8-19(15)11-13-5-6-17-14(9-13)10-16/h5-6,9,15H,3-4,7-8,10-12,16H2,1-2H3. The number of aromatic nitrogens is 1. The fourth-order valence-electron chi connectivity index (χ4n) is 2.86. The number of nitrogens with two attached hydrogens (primary N) is 1. The molecule has 0 aliphatic carbocycles. The van der Waals surface area contributed by atoms with Crippen LogP contribution in [0.15, 0.2) is 18.3 Å². The van der Waals surface area contributed by atoms with Crippen LogP contribution in [0.1, 0.15) is 31.0 Å². The van der Waals surface area contributed by atoms with Crippen LogP contribution in [0.25, 0.3) is 0 Å². The van der Waals surface area contributed by atoms with Gasteiger partial charge in [0.1, 0.15) is 0 Å². The van der Waals surface area contributed by atoms with Crippen LogP contribution < -0.4 is 5.73 Å². The molecule has 0 spiro atoms. The van der Waals surface area contributed by atoms with Gasteiger partial charge in [-0.3, -0.25) is 9.88 Å². The van der Waals surface area contributed by atoms with Crippen LogP contribution in [0.3, 0.4) is 0 Å². The molecule has 4 heteroatoms. The molecule has 0 amide bonds. The van der Waals surface area contributed by atoms with E-state index in [1.807, 2.05) is 6.20 Å². The molecule has 0 radical (unpaired) electrons. The maximum Gasteiger partial charge on any atom is 0.0542 e. The summed E-state index contributed by atoms with van der Waals surface area (Å²) in [4.78, 5) is 9.33. The Morgan fingerprint density at radius 3 is 3.00 bits per heavy atom. The predicted molar refractivity (Wildman–Crippen MR) is 78.7 cm³/mol. The summed E-state index contributed by atoms with van der Waals surface area (Å²) in [7, 11) is 2.23. The average Bonchev–Trinajstić information content (AvgIpc) is 2.60. The molecule has 1 aliphatic heterocycles. The molecule has 4 nitrogen and oxygen atoms in total. The summed E-state index contributed by atoms with van der Waals surface area (Å²) in [6, 6.07) is 4.91. The molecule has 1 fully saturated rings. The maximum absolute atomic E-state index is 5.67. The zero-order chi connectivity index (χ0) is 13.7. The molecule has 0 bridgehead atoms. The minimum atomic E-state index is 0.522. The number of likely N-dealkylation sites (N-methyl/N-ethyl adjacent to an activating group) is 1. The van der Waals surface area contributed by atoms with Gasteiger partial charge in [0.2, 0.25) is 0 Å². The first-order valence-corrected chi connectivity index (χ1v) is 7.29. The molecule has 2 rings (SSSR count). The third kappa shape index (κ3) is 4.00. The Bertz CT molecular complexity index is 393. The molecule has 106 valence electrons.